The minimum Gasteiger partial charge on any atom is -0.204 e. The maximum Gasteiger partial charge on any atom is 0.194 e. The first kappa shape index (κ1) is 18.6. The summed E-state index contributed by atoms with van der Waals surface area (Å²) in [6.45, 7) is 6.66. The summed E-state index contributed by atoms with van der Waals surface area (Å²) in [5, 5.41) is 0. The van der Waals surface area contributed by atoms with Crippen LogP contribution in [0.2, 0.25) is 0 Å². The second kappa shape index (κ2) is 8.36. The van der Waals surface area contributed by atoms with Gasteiger partial charge in [-0.25, -0.2) is 13.2 Å². The zero-order valence-electron chi connectivity index (χ0n) is 14.6. The third-order valence-corrected chi connectivity index (χ3v) is 4.96. The van der Waals surface area contributed by atoms with E-state index in [2.05, 4.69) is 20.8 Å². The molecule has 130 valence electrons. The van der Waals surface area contributed by atoms with Crippen molar-refractivity contribution in [3.63, 3.8) is 0 Å². The topological polar surface area (TPSA) is 0 Å². The Morgan fingerprint density at radius 3 is 1.83 bits per heavy atom. The van der Waals surface area contributed by atoms with Gasteiger partial charge in [-0.1, -0.05) is 57.9 Å². The molecular weight excluding hydrogens is 309 g/mol. The van der Waals surface area contributed by atoms with E-state index in [0.29, 0.717) is 17.0 Å². The molecule has 0 saturated heterocycles. The van der Waals surface area contributed by atoms with E-state index in [9.17, 15) is 13.2 Å². The molecule has 1 atom stereocenters. The molecule has 2 rings (SSSR count). The molecule has 0 aliphatic carbocycles. The van der Waals surface area contributed by atoms with Crippen molar-refractivity contribution >= 4 is 0 Å². The van der Waals surface area contributed by atoms with Crippen LogP contribution in [-0.4, -0.2) is 0 Å². The van der Waals surface area contributed by atoms with Gasteiger partial charge in [-0.15, -0.1) is 0 Å². The molecule has 0 aliphatic rings. The highest BCUT2D eigenvalue weighted by Gasteiger charge is 2.13. The van der Waals surface area contributed by atoms with Gasteiger partial charge in [0.15, 0.2) is 17.5 Å². The maximum atomic E-state index is 13.4. The summed E-state index contributed by atoms with van der Waals surface area (Å²) in [4.78, 5) is 0. The molecule has 0 nitrogen and oxygen atoms in total. The molecule has 0 spiro atoms. The molecular formula is C21H25F3. The Morgan fingerprint density at radius 1 is 0.792 bits per heavy atom. The average Bonchev–Trinajstić information content (AvgIpc) is 2.60. The average molecular weight is 334 g/mol. The predicted octanol–water partition coefficient (Wildman–Crippen LogP) is 7.09. The number of rotatable bonds is 7. The molecule has 2 aromatic carbocycles. The minimum atomic E-state index is -1.43. The van der Waals surface area contributed by atoms with Crippen molar-refractivity contribution in [3.05, 3.63) is 59.4 Å². The van der Waals surface area contributed by atoms with E-state index in [1.54, 1.807) is 0 Å². The zero-order chi connectivity index (χ0) is 17.7. The van der Waals surface area contributed by atoms with Gasteiger partial charge in [0, 0.05) is 0 Å². The lowest BCUT2D eigenvalue weighted by molar-refractivity contribution is 0.424. The summed E-state index contributed by atoms with van der Waals surface area (Å²) in [6.07, 6.45) is 4.77. The first-order valence-corrected chi connectivity index (χ1v) is 8.71. The summed E-state index contributed by atoms with van der Waals surface area (Å²) in [5.74, 6) is -2.52. The largest absolute Gasteiger partial charge is 0.204 e. The lowest BCUT2D eigenvalue weighted by atomic mass is 9.89. The predicted molar refractivity (Wildman–Crippen MR) is 93.5 cm³/mol. The Morgan fingerprint density at radius 2 is 1.33 bits per heavy atom. The molecule has 0 amide bonds. The third-order valence-electron chi connectivity index (χ3n) is 4.96. The standard InChI is InChI=1S/C21H25F3/c1-4-15(5-2)7-6-14(3)16-8-10-17(11-9-16)18-12-19(22)21(24)20(23)13-18/h8-15H,4-7H2,1-3H3. The molecule has 0 saturated carbocycles. The van der Waals surface area contributed by atoms with Gasteiger partial charge in [0.05, 0.1) is 0 Å². The van der Waals surface area contributed by atoms with E-state index in [1.807, 2.05) is 24.3 Å². The van der Waals surface area contributed by atoms with Crippen LogP contribution in [0.25, 0.3) is 11.1 Å². The Bertz CT molecular complexity index is 634. The van der Waals surface area contributed by atoms with E-state index >= 15 is 0 Å². The van der Waals surface area contributed by atoms with Gasteiger partial charge in [-0.05, 0) is 53.5 Å². The molecule has 0 aromatic heterocycles. The normalized spacial score (nSPS) is 12.6. The van der Waals surface area contributed by atoms with Crippen molar-refractivity contribution < 1.29 is 13.2 Å². The van der Waals surface area contributed by atoms with Gasteiger partial charge in [-0.2, -0.15) is 0 Å². The highest BCUT2D eigenvalue weighted by Crippen LogP contribution is 2.29. The molecule has 0 fully saturated rings. The number of halogens is 3. The molecule has 0 N–H and O–H groups in total. The van der Waals surface area contributed by atoms with Gasteiger partial charge in [0.1, 0.15) is 0 Å². The third kappa shape index (κ3) is 4.40. The first-order valence-electron chi connectivity index (χ1n) is 8.71. The van der Waals surface area contributed by atoms with Crippen molar-refractivity contribution in [2.45, 2.75) is 52.4 Å². The summed E-state index contributed by atoms with van der Waals surface area (Å²) < 4.78 is 39.8. The van der Waals surface area contributed by atoms with E-state index < -0.39 is 17.5 Å². The highest BCUT2D eigenvalue weighted by atomic mass is 19.2. The molecule has 24 heavy (non-hydrogen) atoms. The minimum absolute atomic E-state index is 0.350. The van der Waals surface area contributed by atoms with Crippen LogP contribution in [0.15, 0.2) is 36.4 Å². The van der Waals surface area contributed by atoms with Crippen molar-refractivity contribution in [2.24, 2.45) is 5.92 Å². The van der Waals surface area contributed by atoms with Crippen LogP contribution in [0.4, 0.5) is 13.2 Å². The summed E-state index contributed by atoms with van der Waals surface area (Å²) in [5.41, 5.74) is 2.25. The monoisotopic (exact) mass is 334 g/mol. The molecule has 3 heteroatoms. The first-order chi connectivity index (χ1) is 11.5. The fourth-order valence-electron chi connectivity index (χ4n) is 3.08. The molecule has 0 aliphatic heterocycles. The molecule has 0 bridgehead atoms. The van der Waals surface area contributed by atoms with E-state index in [1.165, 1.54) is 24.8 Å². The summed E-state index contributed by atoms with van der Waals surface area (Å²) >= 11 is 0. The zero-order valence-corrected chi connectivity index (χ0v) is 14.6. The number of hydrogen-bond donors (Lipinski definition) is 0. The molecule has 0 radical (unpaired) electrons. The van der Waals surface area contributed by atoms with Crippen LogP contribution in [0.1, 0.15) is 57.9 Å². The second-order valence-corrected chi connectivity index (χ2v) is 6.54. The SMILES string of the molecule is CCC(CC)CCC(C)c1ccc(-c2cc(F)c(F)c(F)c2)cc1. The van der Waals surface area contributed by atoms with Crippen LogP contribution in [0.5, 0.6) is 0 Å². The van der Waals surface area contributed by atoms with Crippen molar-refractivity contribution in [1.82, 2.24) is 0 Å². The van der Waals surface area contributed by atoms with E-state index in [4.69, 9.17) is 0 Å². The molecule has 1 unspecified atom stereocenters. The number of hydrogen-bond acceptors (Lipinski definition) is 0. The molecule has 2 aromatic rings. The maximum absolute atomic E-state index is 13.4. The quantitative estimate of drug-likeness (QED) is 0.474. The van der Waals surface area contributed by atoms with Gasteiger partial charge < -0.3 is 0 Å². The Labute approximate surface area is 142 Å². The molecule has 0 heterocycles. The Balaban J connectivity index is 2.10. The van der Waals surface area contributed by atoms with Crippen LogP contribution >= 0.6 is 0 Å². The smallest absolute Gasteiger partial charge is 0.194 e. The lowest BCUT2D eigenvalue weighted by Gasteiger charge is -2.17. The van der Waals surface area contributed by atoms with Crippen LogP contribution in [0.3, 0.4) is 0 Å². The fraction of sp³-hybridized carbons (Fsp3) is 0.429. The van der Waals surface area contributed by atoms with Gasteiger partial charge in [0.25, 0.3) is 0 Å². The van der Waals surface area contributed by atoms with Gasteiger partial charge in [0.2, 0.25) is 0 Å². The van der Waals surface area contributed by atoms with E-state index in [0.717, 1.165) is 24.5 Å². The van der Waals surface area contributed by atoms with Crippen molar-refractivity contribution in [3.8, 4) is 11.1 Å². The highest BCUT2D eigenvalue weighted by molar-refractivity contribution is 5.64. The summed E-state index contributed by atoms with van der Waals surface area (Å²) in [6, 6.07) is 9.73. The van der Waals surface area contributed by atoms with Crippen LogP contribution in [0, 0.1) is 23.4 Å². The number of benzene rings is 2. The Kier molecular flexibility index (Phi) is 6.47. The van der Waals surface area contributed by atoms with Gasteiger partial charge >= 0.3 is 0 Å². The van der Waals surface area contributed by atoms with Gasteiger partial charge in [-0.3, -0.25) is 0 Å². The Hall–Kier alpha value is -1.77. The summed E-state index contributed by atoms with van der Waals surface area (Å²) in [7, 11) is 0. The van der Waals surface area contributed by atoms with Crippen LogP contribution < -0.4 is 0 Å². The second-order valence-electron chi connectivity index (χ2n) is 6.54. The fourth-order valence-corrected chi connectivity index (χ4v) is 3.08. The van der Waals surface area contributed by atoms with Crippen LogP contribution in [-0.2, 0) is 0 Å². The van der Waals surface area contributed by atoms with E-state index in [-0.39, 0.29) is 0 Å². The lowest BCUT2D eigenvalue weighted by Crippen LogP contribution is -2.01. The van der Waals surface area contributed by atoms with Crippen molar-refractivity contribution in [1.29, 1.82) is 0 Å². The van der Waals surface area contributed by atoms with Crippen molar-refractivity contribution in [2.75, 3.05) is 0 Å².